The summed E-state index contributed by atoms with van der Waals surface area (Å²) < 4.78 is 1.25. The van der Waals surface area contributed by atoms with Gasteiger partial charge in [0.15, 0.2) is 0 Å². The van der Waals surface area contributed by atoms with Gasteiger partial charge in [-0.15, -0.1) is 5.10 Å². The Kier molecular flexibility index (Phi) is 4.78. The SMILES string of the molecule is NC(=O)CCC(NC(=O)Cn1ccnn1)C(=O)O. The molecule has 0 radical (unpaired) electrons. The first kappa shape index (κ1) is 13.6. The van der Waals surface area contributed by atoms with E-state index in [1.165, 1.54) is 17.1 Å². The molecule has 0 spiro atoms. The molecule has 2 amide bonds. The number of carboxylic acid groups (broad SMARTS) is 1. The second-order valence-electron chi connectivity index (χ2n) is 3.56. The van der Waals surface area contributed by atoms with Gasteiger partial charge in [-0.3, -0.25) is 9.59 Å². The lowest BCUT2D eigenvalue weighted by atomic mass is 10.1. The highest BCUT2D eigenvalue weighted by molar-refractivity contribution is 5.84. The van der Waals surface area contributed by atoms with E-state index in [4.69, 9.17) is 10.8 Å². The van der Waals surface area contributed by atoms with Crippen LogP contribution in [0.25, 0.3) is 0 Å². The van der Waals surface area contributed by atoms with Crippen LogP contribution in [0.1, 0.15) is 12.8 Å². The summed E-state index contributed by atoms with van der Waals surface area (Å²) in [5, 5.41) is 18.2. The highest BCUT2D eigenvalue weighted by atomic mass is 16.4. The largest absolute Gasteiger partial charge is 0.480 e. The van der Waals surface area contributed by atoms with Crippen molar-refractivity contribution in [2.75, 3.05) is 0 Å². The molecule has 0 aromatic carbocycles. The Morgan fingerprint density at radius 3 is 2.67 bits per heavy atom. The Balaban J connectivity index is 2.47. The molecule has 18 heavy (non-hydrogen) atoms. The highest BCUT2D eigenvalue weighted by Gasteiger charge is 2.20. The van der Waals surface area contributed by atoms with Crippen LogP contribution in [0, 0.1) is 0 Å². The van der Waals surface area contributed by atoms with Crippen LogP contribution in [0.3, 0.4) is 0 Å². The van der Waals surface area contributed by atoms with Crippen molar-refractivity contribution in [2.45, 2.75) is 25.4 Å². The quantitative estimate of drug-likeness (QED) is 0.520. The van der Waals surface area contributed by atoms with Gasteiger partial charge in [-0.05, 0) is 6.42 Å². The van der Waals surface area contributed by atoms with Crippen molar-refractivity contribution < 1.29 is 19.5 Å². The molecule has 1 aromatic rings. The van der Waals surface area contributed by atoms with Gasteiger partial charge in [-0.25, -0.2) is 9.48 Å². The summed E-state index contributed by atoms with van der Waals surface area (Å²) in [7, 11) is 0. The fourth-order valence-electron chi connectivity index (χ4n) is 1.25. The van der Waals surface area contributed by atoms with Crippen LogP contribution in [0.5, 0.6) is 0 Å². The van der Waals surface area contributed by atoms with Crippen LogP contribution in [-0.2, 0) is 20.9 Å². The average molecular weight is 255 g/mol. The predicted octanol–water partition coefficient (Wildman–Crippen LogP) is -1.89. The van der Waals surface area contributed by atoms with Crippen LogP contribution in [0.2, 0.25) is 0 Å². The minimum atomic E-state index is -1.22. The number of hydrogen-bond acceptors (Lipinski definition) is 5. The topological polar surface area (TPSA) is 140 Å². The molecule has 0 aliphatic rings. The van der Waals surface area contributed by atoms with Gasteiger partial charge < -0.3 is 16.2 Å². The van der Waals surface area contributed by atoms with Crippen molar-refractivity contribution in [1.29, 1.82) is 0 Å². The molecule has 0 fully saturated rings. The van der Waals surface area contributed by atoms with E-state index in [-0.39, 0.29) is 19.4 Å². The number of rotatable bonds is 7. The molecule has 0 aliphatic carbocycles. The molecule has 0 bridgehead atoms. The predicted molar refractivity (Wildman–Crippen MR) is 58.0 cm³/mol. The summed E-state index contributed by atoms with van der Waals surface area (Å²) >= 11 is 0. The first-order valence-corrected chi connectivity index (χ1v) is 5.13. The van der Waals surface area contributed by atoms with E-state index in [1.54, 1.807) is 0 Å². The van der Waals surface area contributed by atoms with Crippen molar-refractivity contribution in [3.05, 3.63) is 12.4 Å². The van der Waals surface area contributed by atoms with E-state index in [1.807, 2.05) is 0 Å². The van der Waals surface area contributed by atoms with E-state index < -0.39 is 23.8 Å². The maximum Gasteiger partial charge on any atom is 0.326 e. The van der Waals surface area contributed by atoms with E-state index in [2.05, 4.69) is 15.6 Å². The highest BCUT2D eigenvalue weighted by Crippen LogP contribution is 1.97. The first-order valence-electron chi connectivity index (χ1n) is 5.13. The molecule has 1 unspecified atom stereocenters. The zero-order chi connectivity index (χ0) is 13.5. The minimum Gasteiger partial charge on any atom is -0.480 e. The molecule has 0 saturated heterocycles. The Bertz CT molecular complexity index is 430. The Morgan fingerprint density at radius 2 is 2.17 bits per heavy atom. The van der Waals surface area contributed by atoms with Crippen LogP contribution < -0.4 is 11.1 Å². The zero-order valence-corrected chi connectivity index (χ0v) is 9.44. The third-order valence-corrected chi connectivity index (χ3v) is 2.09. The van der Waals surface area contributed by atoms with Gasteiger partial charge in [0, 0.05) is 12.6 Å². The fraction of sp³-hybridized carbons (Fsp3) is 0.444. The molecule has 9 heteroatoms. The van der Waals surface area contributed by atoms with Crippen LogP contribution >= 0.6 is 0 Å². The standard InChI is InChI=1S/C9H13N5O4/c10-7(15)2-1-6(9(17)18)12-8(16)5-14-4-3-11-13-14/h3-4,6H,1-2,5H2,(H2,10,15)(H,12,16)(H,17,18). The molecule has 9 nitrogen and oxygen atoms in total. The van der Waals surface area contributed by atoms with Crippen LogP contribution in [0.15, 0.2) is 12.4 Å². The van der Waals surface area contributed by atoms with E-state index in [0.717, 1.165) is 0 Å². The number of nitrogens with zero attached hydrogens (tertiary/aromatic N) is 3. The van der Waals surface area contributed by atoms with Gasteiger partial charge in [0.25, 0.3) is 0 Å². The number of aliphatic carboxylic acids is 1. The van der Waals surface area contributed by atoms with Gasteiger partial charge in [-0.1, -0.05) is 5.21 Å². The van der Waals surface area contributed by atoms with Crippen molar-refractivity contribution >= 4 is 17.8 Å². The van der Waals surface area contributed by atoms with E-state index in [9.17, 15) is 14.4 Å². The summed E-state index contributed by atoms with van der Waals surface area (Å²) in [4.78, 5) is 32.9. The smallest absolute Gasteiger partial charge is 0.326 e. The average Bonchev–Trinajstić information content (AvgIpc) is 2.76. The molecule has 0 aliphatic heterocycles. The minimum absolute atomic E-state index is 0.0479. The van der Waals surface area contributed by atoms with Gasteiger partial charge >= 0.3 is 5.97 Å². The van der Waals surface area contributed by atoms with Gasteiger partial charge in [0.1, 0.15) is 12.6 Å². The molecule has 1 atom stereocenters. The molecule has 1 aromatic heterocycles. The van der Waals surface area contributed by atoms with Crippen molar-refractivity contribution in [3.8, 4) is 0 Å². The Hall–Kier alpha value is -2.45. The van der Waals surface area contributed by atoms with Crippen LogP contribution in [-0.4, -0.2) is 43.9 Å². The van der Waals surface area contributed by atoms with Gasteiger partial charge in [0.05, 0.1) is 6.20 Å². The normalized spacial score (nSPS) is 11.8. The molecule has 0 saturated carbocycles. The van der Waals surface area contributed by atoms with Crippen molar-refractivity contribution in [3.63, 3.8) is 0 Å². The molecule has 98 valence electrons. The third kappa shape index (κ3) is 4.60. The molecular weight excluding hydrogens is 242 g/mol. The monoisotopic (exact) mass is 255 g/mol. The maximum absolute atomic E-state index is 11.5. The lowest BCUT2D eigenvalue weighted by molar-refractivity contribution is -0.142. The zero-order valence-electron chi connectivity index (χ0n) is 9.44. The molecule has 1 rings (SSSR count). The van der Waals surface area contributed by atoms with E-state index in [0.29, 0.717) is 0 Å². The number of carbonyl (C=O) groups excluding carboxylic acids is 2. The van der Waals surface area contributed by atoms with Crippen molar-refractivity contribution in [2.24, 2.45) is 5.73 Å². The number of nitrogens with two attached hydrogens (primary N) is 1. The summed E-state index contributed by atoms with van der Waals surface area (Å²) in [6, 6.07) is -1.14. The van der Waals surface area contributed by atoms with E-state index >= 15 is 0 Å². The summed E-state index contributed by atoms with van der Waals surface area (Å²) in [5.74, 6) is -2.37. The van der Waals surface area contributed by atoms with Gasteiger partial charge in [-0.2, -0.15) is 0 Å². The Morgan fingerprint density at radius 1 is 1.44 bits per heavy atom. The number of amides is 2. The van der Waals surface area contributed by atoms with Gasteiger partial charge in [0.2, 0.25) is 11.8 Å². The number of carboxylic acids is 1. The second kappa shape index (κ2) is 6.33. The lowest BCUT2D eigenvalue weighted by Crippen LogP contribution is -2.42. The lowest BCUT2D eigenvalue weighted by Gasteiger charge is -2.13. The number of nitrogens with one attached hydrogen (secondary N) is 1. The third-order valence-electron chi connectivity index (χ3n) is 2.09. The molecular formula is C9H13N5O4. The summed E-state index contributed by atoms with van der Waals surface area (Å²) in [6.07, 6.45) is 2.71. The van der Waals surface area contributed by atoms with Crippen molar-refractivity contribution in [1.82, 2.24) is 20.3 Å². The first-order chi connectivity index (χ1) is 8.49. The number of carbonyl (C=O) groups is 3. The number of aromatic nitrogens is 3. The maximum atomic E-state index is 11.5. The Labute approximate surface area is 102 Å². The number of primary amides is 1. The summed E-state index contributed by atoms with van der Waals surface area (Å²) in [6.45, 7) is -0.139. The number of hydrogen-bond donors (Lipinski definition) is 3. The fourth-order valence-corrected chi connectivity index (χ4v) is 1.25. The summed E-state index contributed by atoms with van der Waals surface area (Å²) in [5.41, 5.74) is 4.91. The van der Waals surface area contributed by atoms with Crippen LogP contribution in [0.4, 0.5) is 0 Å². The molecule has 1 heterocycles. The molecule has 4 N–H and O–H groups in total. The second-order valence-corrected chi connectivity index (χ2v) is 3.56.